The fourth-order valence-corrected chi connectivity index (χ4v) is 2.95. The Balaban J connectivity index is 1.73. The van der Waals surface area contributed by atoms with Crippen molar-refractivity contribution in [1.29, 1.82) is 0 Å². The number of ether oxygens (including phenoxy) is 3. The number of esters is 1. The molecule has 158 valence electrons. The van der Waals surface area contributed by atoms with E-state index in [1.807, 2.05) is 12.1 Å². The Morgan fingerprint density at radius 2 is 1.67 bits per heavy atom. The molecule has 0 heterocycles. The molecule has 0 bridgehead atoms. The minimum atomic E-state index is -4.48. The smallest absolute Gasteiger partial charge is 0.416 e. The van der Waals surface area contributed by atoms with E-state index < -0.39 is 11.7 Å². The fraction of sp³-hybridized carbons (Fsp3) is 0.227. The zero-order valence-electron chi connectivity index (χ0n) is 16.0. The van der Waals surface area contributed by atoms with Gasteiger partial charge >= 0.3 is 12.1 Å². The molecule has 3 rings (SSSR count). The van der Waals surface area contributed by atoms with Crippen LogP contribution in [-0.4, -0.2) is 19.2 Å². The molecule has 4 nitrogen and oxygen atoms in total. The Hall–Kier alpha value is -2.93. The number of halogens is 4. The summed E-state index contributed by atoms with van der Waals surface area (Å²) in [7, 11) is 0. The van der Waals surface area contributed by atoms with E-state index in [1.54, 1.807) is 31.2 Å². The van der Waals surface area contributed by atoms with Crippen LogP contribution in [0.1, 0.15) is 18.9 Å². The van der Waals surface area contributed by atoms with Crippen molar-refractivity contribution in [1.82, 2.24) is 0 Å². The molecular formula is C22H18ClF3O4. The Kier molecular flexibility index (Phi) is 6.72. The predicted octanol–water partition coefficient (Wildman–Crippen LogP) is 6.64. The zero-order chi connectivity index (χ0) is 21.7. The maximum absolute atomic E-state index is 12.8. The molecule has 30 heavy (non-hydrogen) atoms. The first kappa shape index (κ1) is 21.8. The second-order valence-corrected chi connectivity index (χ2v) is 6.73. The van der Waals surface area contributed by atoms with Crippen molar-refractivity contribution in [2.75, 3.05) is 13.2 Å². The van der Waals surface area contributed by atoms with Crippen molar-refractivity contribution < 1.29 is 32.2 Å². The lowest BCUT2D eigenvalue weighted by atomic mass is 10.1. The van der Waals surface area contributed by atoms with E-state index in [2.05, 4.69) is 0 Å². The normalized spacial score (nSPS) is 11.4. The quantitative estimate of drug-likeness (QED) is 0.388. The number of hydrogen-bond acceptors (Lipinski definition) is 4. The van der Waals surface area contributed by atoms with Gasteiger partial charge in [-0.1, -0.05) is 23.7 Å². The minimum Gasteiger partial charge on any atom is -0.493 e. The lowest BCUT2D eigenvalue weighted by Crippen LogP contribution is -2.09. The highest BCUT2D eigenvalue weighted by molar-refractivity contribution is 6.32. The van der Waals surface area contributed by atoms with Crippen LogP contribution >= 0.6 is 11.6 Å². The summed E-state index contributed by atoms with van der Waals surface area (Å²) in [6, 6.07) is 13.6. The molecule has 0 amide bonds. The highest BCUT2D eigenvalue weighted by Crippen LogP contribution is 2.37. The second-order valence-electron chi connectivity index (χ2n) is 6.32. The summed E-state index contributed by atoms with van der Waals surface area (Å²) >= 11 is 5.95. The third-order valence-corrected chi connectivity index (χ3v) is 4.45. The Morgan fingerprint density at radius 1 is 0.967 bits per heavy atom. The van der Waals surface area contributed by atoms with Gasteiger partial charge in [-0.3, -0.25) is 4.79 Å². The van der Waals surface area contributed by atoms with Gasteiger partial charge in [-0.05, 0) is 60.2 Å². The van der Waals surface area contributed by atoms with Crippen molar-refractivity contribution >= 4 is 28.3 Å². The van der Waals surface area contributed by atoms with Crippen LogP contribution in [0.4, 0.5) is 13.2 Å². The summed E-state index contributed by atoms with van der Waals surface area (Å²) in [6.07, 6.45) is -4.34. The van der Waals surface area contributed by atoms with E-state index >= 15 is 0 Å². The van der Waals surface area contributed by atoms with Crippen LogP contribution in [0, 0.1) is 0 Å². The van der Waals surface area contributed by atoms with Gasteiger partial charge in [-0.2, -0.15) is 13.2 Å². The van der Waals surface area contributed by atoms with Crippen LogP contribution in [0.15, 0.2) is 54.6 Å². The number of carbonyl (C=O) groups is 1. The highest BCUT2D eigenvalue weighted by atomic mass is 35.5. The van der Waals surface area contributed by atoms with Crippen molar-refractivity contribution in [3.8, 4) is 17.2 Å². The Labute approximate surface area is 176 Å². The molecule has 0 fully saturated rings. The number of alkyl halides is 3. The molecule has 8 heteroatoms. The molecule has 0 atom stereocenters. The predicted molar refractivity (Wildman–Crippen MR) is 107 cm³/mol. The third-order valence-electron chi connectivity index (χ3n) is 4.15. The van der Waals surface area contributed by atoms with E-state index in [9.17, 15) is 18.0 Å². The summed E-state index contributed by atoms with van der Waals surface area (Å²) in [6.45, 7) is 2.24. The molecule has 0 aliphatic rings. The zero-order valence-corrected chi connectivity index (χ0v) is 16.7. The average Bonchev–Trinajstić information content (AvgIpc) is 2.68. The average molecular weight is 439 g/mol. The van der Waals surface area contributed by atoms with E-state index in [0.717, 1.165) is 22.9 Å². The van der Waals surface area contributed by atoms with Crippen molar-refractivity contribution in [3.05, 3.63) is 65.2 Å². The molecule has 0 saturated heterocycles. The summed E-state index contributed by atoms with van der Waals surface area (Å²) in [5.74, 6) is 0.762. The maximum atomic E-state index is 12.8. The number of carbonyl (C=O) groups excluding carboxylic acids is 1. The maximum Gasteiger partial charge on any atom is 0.416 e. The van der Waals surface area contributed by atoms with Gasteiger partial charge in [-0.25, -0.2) is 0 Å². The third kappa shape index (κ3) is 5.57. The first-order valence-corrected chi connectivity index (χ1v) is 9.51. The van der Waals surface area contributed by atoms with Gasteiger partial charge in [0.25, 0.3) is 0 Å². The van der Waals surface area contributed by atoms with Crippen LogP contribution in [0.2, 0.25) is 5.02 Å². The molecule has 0 N–H and O–H groups in total. The SMILES string of the molecule is CCOC(=O)CCOc1ccc2ccc(Oc3ccc(C(F)(F)F)cc3Cl)cc2c1. The van der Waals surface area contributed by atoms with Crippen LogP contribution in [-0.2, 0) is 15.7 Å². The van der Waals surface area contributed by atoms with Crippen molar-refractivity contribution in [2.24, 2.45) is 0 Å². The number of fused-ring (bicyclic) bond motifs is 1. The van der Waals surface area contributed by atoms with E-state index in [-0.39, 0.29) is 29.8 Å². The molecule has 3 aromatic carbocycles. The van der Waals surface area contributed by atoms with Crippen LogP contribution in [0.25, 0.3) is 10.8 Å². The van der Waals surface area contributed by atoms with Crippen molar-refractivity contribution in [3.63, 3.8) is 0 Å². The number of benzene rings is 3. The number of hydrogen-bond donors (Lipinski definition) is 0. The monoisotopic (exact) mass is 438 g/mol. The van der Waals surface area contributed by atoms with Gasteiger partial charge < -0.3 is 14.2 Å². The topological polar surface area (TPSA) is 44.8 Å². The minimum absolute atomic E-state index is 0.117. The summed E-state index contributed by atoms with van der Waals surface area (Å²) in [4.78, 5) is 11.4. The lowest BCUT2D eigenvalue weighted by Gasteiger charge is -2.12. The molecule has 0 unspecified atom stereocenters. The molecular weight excluding hydrogens is 421 g/mol. The van der Waals surface area contributed by atoms with Gasteiger partial charge in [0.2, 0.25) is 0 Å². The van der Waals surface area contributed by atoms with Crippen LogP contribution < -0.4 is 9.47 Å². The van der Waals surface area contributed by atoms with E-state index in [1.165, 1.54) is 6.07 Å². The highest BCUT2D eigenvalue weighted by Gasteiger charge is 2.31. The molecule has 0 saturated carbocycles. The fourth-order valence-electron chi connectivity index (χ4n) is 2.73. The molecule has 0 aromatic heterocycles. The van der Waals surface area contributed by atoms with Crippen molar-refractivity contribution in [2.45, 2.75) is 19.5 Å². The van der Waals surface area contributed by atoms with Gasteiger partial charge in [0.1, 0.15) is 17.2 Å². The van der Waals surface area contributed by atoms with E-state index in [4.69, 9.17) is 25.8 Å². The summed E-state index contributed by atoms with van der Waals surface area (Å²) in [5.41, 5.74) is -0.844. The van der Waals surface area contributed by atoms with Gasteiger partial charge in [0, 0.05) is 0 Å². The first-order valence-electron chi connectivity index (χ1n) is 9.13. The van der Waals surface area contributed by atoms with Crippen LogP contribution in [0.5, 0.6) is 17.2 Å². The molecule has 0 radical (unpaired) electrons. The Bertz CT molecular complexity index is 1050. The molecule has 0 aliphatic carbocycles. The lowest BCUT2D eigenvalue weighted by molar-refractivity contribution is -0.143. The second kappa shape index (κ2) is 9.26. The van der Waals surface area contributed by atoms with Gasteiger partial charge in [0.15, 0.2) is 0 Å². The summed E-state index contributed by atoms with van der Waals surface area (Å²) < 4.78 is 54.4. The molecule has 0 spiro atoms. The standard InChI is InChI=1S/C22H18ClF3O4/c1-2-28-21(27)9-10-29-17-6-3-14-4-7-18(12-15(14)11-17)30-20-8-5-16(13-19(20)23)22(24,25)26/h3-8,11-13H,2,9-10H2,1H3. The molecule has 3 aromatic rings. The summed E-state index contributed by atoms with van der Waals surface area (Å²) in [5, 5.41) is 1.57. The first-order chi connectivity index (χ1) is 14.3. The van der Waals surface area contributed by atoms with E-state index in [0.29, 0.717) is 18.1 Å². The Morgan fingerprint density at radius 3 is 2.33 bits per heavy atom. The van der Waals surface area contributed by atoms with Gasteiger partial charge in [0.05, 0.1) is 30.2 Å². The molecule has 0 aliphatic heterocycles. The van der Waals surface area contributed by atoms with Crippen LogP contribution in [0.3, 0.4) is 0 Å². The number of rotatable bonds is 7. The van der Waals surface area contributed by atoms with Gasteiger partial charge in [-0.15, -0.1) is 0 Å². The largest absolute Gasteiger partial charge is 0.493 e.